The molecule has 1 aromatic rings. The van der Waals surface area contributed by atoms with Crippen molar-refractivity contribution in [1.29, 1.82) is 5.26 Å². The van der Waals surface area contributed by atoms with Gasteiger partial charge in [-0.25, -0.2) is 4.79 Å². The molecule has 0 atom stereocenters. The molecule has 14 heavy (non-hydrogen) atoms. The lowest BCUT2D eigenvalue weighted by Crippen LogP contribution is -2.05. The van der Waals surface area contributed by atoms with Gasteiger partial charge in [-0.2, -0.15) is 5.26 Å². The van der Waals surface area contributed by atoms with Crippen LogP contribution in [0.4, 0.5) is 10.7 Å². The highest BCUT2D eigenvalue weighted by Gasteiger charge is 2.20. The predicted molar refractivity (Wildman–Crippen MR) is 53.8 cm³/mol. The molecule has 5 nitrogen and oxygen atoms in total. The van der Waals surface area contributed by atoms with E-state index in [0.717, 1.165) is 11.3 Å². The smallest absolute Gasteiger partial charge is 0.350 e. The summed E-state index contributed by atoms with van der Waals surface area (Å²) in [6.45, 7) is 1.95. The minimum absolute atomic E-state index is 0.105. The molecule has 0 radical (unpaired) electrons. The Morgan fingerprint density at radius 1 is 1.64 bits per heavy atom. The lowest BCUT2D eigenvalue weighted by Gasteiger charge is -1.98. The van der Waals surface area contributed by atoms with Crippen molar-refractivity contribution in [2.75, 3.05) is 18.1 Å². The topological polar surface area (TPSA) is 102 Å². The van der Waals surface area contributed by atoms with Crippen LogP contribution in [0.25, 0.3) is 0 Å². The Hall–Kier alpha value is -1.74. The molecule has 0 aliphatic heterocycles. The number of rotatable bonds is 2. The fraction of sp³-hybridized carbons (Fsp3) is 0.250. The van der Waals surface area contributed by atoms with Crippen molar-refractivity contribution in [2.24, 2.45) is 0 Å². The van der Waals surface area contributed by atoms with Gasteiger partial charge in [-0.15, -0.1) is 11.3 Å². The van der Waals surface area contributed by atoms with Crippen LogP contribution in [0.3, 0.4) is 0 Å². The number of nitriles is 1. The minimum atomic E-state index is -0.539. The summed E-state index contributed by atoms with van der Waals surface area (Å²) in [5, 5.41) is 8.91. The van der Waals surface area contributed by atoms with E-state index >= 15 is 0 Å². The van der Waals surface area contributed by atoms with Crippen LogP contribution in [0, 0.1) is 11.3 Å². The van der Waals surface area contributed by atoms with Crippen molar-refractivity contribution in [3.63, 3.8) is 0 Å². The lowest BCUT2D eigenvalue weighted by molar-refractivity contribution is 0.0533. The first-order valence-corrected chi connectivity index (χ1v) is 4.68. The molecule has 0 amide bonds. The molecule has 0 unspecified atom stereocenters. The monoisotopic (exact) mass is 211 g/mol. The van der Waals surface area contributed by atoms with Gasteiger partial charge in [-0.05, 0) is 6.92 Å². The normalized spacial score (nSPS) is 9.43. The van der Waals surface area contributed by atoms with Crippen molar-refractivity contribution in [3.05, 3.63) is 10.4 Å². The molecule has 1 aromatic heterocycles. The van der Waals surface area contributed by atoms with Gasteiger partial charge in [0, 0.05) is 0 Å². The molecule has 0 saturated carbocycles. The third-order valence-electron chi connectivity index (χ3n) is 1.55. The van der Waals surface area contributed by atoms with Crippen molar-refractivity contribution in [3.8, 4) is 6.07 Å². The number of anilines is 2. The number of nitrogens with two attached hydrogens (primary N) is 2. The summed E-state index contributed by atoms with van der Waals surface area (Å²) >= 11 is 0.969. The molecule has 0 fully saturated rings. The van der Waals surface area contributed by atoms with Crippen LogP contribution in [-0.2, 0) is 4.74 Å². The molecular weight excluding hydrogens is 202 g/mol. The maximum atomic E-state index is 11.3. The van der Waals surface area contributed by atoms with E-state index < -0.39 is 5.97 Å². The van der Waals surface area contributed by atoms with Gasteiger partial charge in [-0.1, -0.05) is 0 Å². The van der Waals surface area contributed by atoms with Crippen LogP contribution >= 0.6 is 11.3 Å². The second-order valence-corrected chi connectivity index (χ2v) is 3.47. The first kappa shape index (κ1) is 10.3. The number of nitrogens with zero attached hydrogens (tertiary/aromatic N) is 1. The van der Waals surface area contributed by atoms with Crippen LogP contribution in [0.1, 0.15) is 22.2 Å². The van der Waals surface area contributed by atoms with E-state index in [4.69, 9.17) is 21.5 Å². The largest absolute Gasteiger partial charge is 0.462 e. The highest BCUT2D eigenvalue weighted by atomic mass is 32.1. The zero-order valence-corrected chi connectivity index (χ0v) is 8.35. The zero-order chi connectivity index (χ0) is 10.7. The Kier molecular flexibility index (Phi) is 2.94. The number of thiophene rings is 1. The second-order valence-electron chi connectivity index (χ2n) is 2.42. The third kappa shape index (κ3) is 1.63. The molecule has 6 heteroatoms. The van der Waals surface area contributed by atoms with E-state index in [1.807, 2.05) is 6.07 Å². The summed E-state index contributed by atoms with van der Waals surface area (Å²) in [6.07, 6.45) is 0. The molecule has 0 aliphatic rings. The molecule has 0 aliphatic carbocycles. The van der Waals surface area contributed by atoms with E-state index in [9.17, 15) is 4.79 Å². The van der Waals surface area contributed by atoms with Crippen LogP contribution in [-0.4, -0.2) is 12.6 Å². The minimum Gasteiger partial charge on any atom is -0.462 e. The summed E-state index contributed by atoms with van der Waals surface area (Å²) in [5.41, 5.74) is 11.3. The van der Waals surface area contributed by atoms with Crippen molar-refractivity contribution < 1.29 is 9.53 Å². The van der Waals surface area contributed by atoms with Crippen molar-refractivity contribution >= 4 is 28.0 Å². The first-order chi connectivity index (χ1) is 6.61. The van der Waals surface area contributed by atoms with E-state index in [1.165, 1.54) is 0 Å². The van der Waals surface area contributed by atoms with Gasteiger partial charge in [0.25, 0.3) is 0 Å². The highest BCUT2D eigenvalue weighted by molar-refractivity contribution is 7.18. The Morgan fingerprint density at radius 2 is 2.29 bits per heavy atom. The number of carbonyl (C=O) groups is 1. The van der Waals surface area contributed by atoms with Crippen LogP contribution in [0.5, 0.6) is 0 Å². The summed E-state index contributed by atoms with van der Waals surface area (Å²) in [4.78, 5) is 11.5. The van der Waals surface area contributed by atoms with Gasteiger partial charge >= 0.3 is 5.97 Å². The molecular formula is C8H9N3O2S. The van der Waals surface area contributed by atoms with Gasteiger partial charge in [0.15, 0.2) is 0 Å². The Labute approximate surface area is 84.9 Å². The molecule has 74 valence electrons. The standard InChI is InChI=1S/C8H9N3O2S/c1-2-13-8(12)6-5(10)4(3-9)7(11)14-6/h2,10-11H2,1H3. The van der Waals surface area contributed by atoms with E-state index in [2.05, 4.69) is 0 Å². The summed E-state index contributed by atoms with van der Waals surface area (Å²) in [7, 11) is 0. The maximum absolute atomic E-state index is 11.3. The van der Waals surface area contributed by atoms with E-state index in [0.29, 0.717) is 0 Å². The summed E-state index contributed by atoms with van der Waals surface area (Å²) < 4.78 is 4.75. The number of nitrogen functional groups attached to an aromatic ring is 2. The highest BCUT2D eigenvalue weighted by Crippen LogP contribution is 2.32. The molecule has 0 saturated heterocycles. The maximum Gasteiger partial charge on any atom is 0.350 e. The molecule has 0 bridgehead atoms. The average Bonchev–Trinajstić information content (AvgIpc) is 2.42. The predicted octanol–water partition coefficient (Wildman–Crippen LogP) is 0.961. The summed E-state index contributed by atoms with van der Waals surface area (Å²) in [6, 6.07) is 1.83. The number of carbonyl (C=O) groups excluding carboxylic acids is 1. The molecule has 0 aromatic carbocycles. The molecule has 0 spiro atoms. The van der Waals surface area contributed by atoms with Crippen LogP contribution in [0.2, 0.25) is 0 Å². The fourth-order valence-corrected chi connectivity index (χ4v) is 1.76. The van der Waals surface area contributed by atoms with Crippen LogP contribution < -0.4 is 11.5 Å². The van der Waals surface area contributed by atoms with Gasteiger partial charge < -0.3 is 16.2 Å². The molecule has 1 heterocycles. The van der Waals surface area contributed by atoms with Gasteiger partial charge in [-0.3, -0.25) is 0 Å². The van der Waals surface area contributed by atoms with Crippen molar-refractivity contribution in [2.45, 2.75) is 6.92 Å². The quantitative estimate of drug-likeness (QED) is 0.709. The first-order valence-electron chi connectivity index (χ1n) is 3.86. The van der Waals surface area contributed by atoms with Gasteiger partial charge in [0.05, 0.1) is 12.3 Å². The number of esters is 1. The molecule has 4 N–H and O–H groups in total. The fourth-order valence-electron chi connectivity index (χ4n) is 0.926. The third-order valence-corrected chi connectivity index (χ3v) is 2.56. The zero-order valence-electron chi connectivity index (χ0n) is 7.53. The van der Waals surface area contributed by atoms with Gasteiger partial charge in [0.2, 0.25) is 0 Å². The Balaban J connectivity index is 3.13. The Morgan fingerprint density at radius 3 is 2.71 bits per heavy atom. The van der Waals surface area contributed by atoms with Crippen molar-refractivity contribution in [1.82, 2.24) is 0 Å². The number of ether oxygens (including phenoxy) is 1. The van der Waals surface area contributed by atoms with Crippen LogP contribution in [0.15, 0.2) is 0 Å². The summed E-state index contributed by atoms with van der Waals surface area (Å²) in [5.74, 6) is -0.539. The molecule has 1 rings (SSSR count). The second kappa shape index (κ2) is 3.98. The lowest BCUT2D eigenvalue weighted by atomic mass is 10.2. The van der Waals surface area contributed by atoms with E-state index in [-0.39, 0.29) is 27.7 Å². The average molecular weight is 211 g/mol. The number of hydrogen-bond donors (Lipinski definition) is 2. The SMILES string of the molecule is CCOC(=O)c1sc(N)c(C#N)c1N. The van der Waals surface area contributed by atoms with E-state index in [1.54, 1.807) is 6.92 Å². The van der Waals surface area contributed by atoms with Gasteiger partial charge in [0.1, 0.15) is 21.5 Å². The number of hydrogen-bond acceptors (Lipinski definition) is 6. The Bertz CT molecular complexity index is 405.